The molecule has 0 saturated heterocycles. The fraction of sp³-hybridized carbons (Fsp3) is 0. The van der Waals surface area contributed by atoms with E-state index in [1.165, 1.54) is 5.39 Å². The molecule has 0 spiro atoms. The van der Waals surface area contributed by atoms with Crippen molar-refractivity contribution in [2.75, 3.05) is 0 Å². The van der Waals surface area contributed by atoms with Crippen molar-refractivity contribution >= 4 is 10.9 Å². The van der Waals surface area contributed by atoms with E-state index in [0.29, 0.717) is 0 Å². The van der Waals surface area contributed by atoms with Crippen LogP contribution in [0.2, 0.25) is 0 Å². The molecule has 3 aromatic rings. The van der Waals surface area contributed by atoms with Crippen LogP contribution in [0.25, 0.3) is 22.2 Å². The van der Waals surface area contributed by atoms with Crippen LogP contribution in [0.5, 0.6) is 0 Å². The highest BCUT2D eigenvalue weighted by molar-refractivity contribution is 5.93. The van der Waals surface area contributed by atoms with Gasteiger partial charge in [0.25, 0.3) is 0 Å². The lowest BCUT2D eigenvalue weighted by molar-refractivity contribution is 1.21. The molecule has 15 heavy (non-hydrogen) atoms. The van der Waals surface area contributed by atoms with Gasteiger partial charge in [0.15, 0.2) is 0 Å². The number of rotatable bonds is 1. The lowest BCUT2D eigenvalue weighted by atomic mass is 10.1. The van der Waals surface area contributed by atoms with Gasteiger partial charge in [-0.05, 0) is 12.1 Å². The molecule has 0 bridgehead atoms. The van der Waals surface area contributed by atoms with Crippen LogP contribution in [0.4, 0.5) is 0 Å². The molecule has 0 radical (unpaired) electrons. The molecule has 3 nitrogen and oxygen atoms in total. The van der Waals surface area contributed by atoms with Gasteiger partial charge in [-0.3, -0.25) is 9.97 Å². The van der Waals surface area contributed by atoms with Gasteiger partial charge in [0.1, 0.15) is 0 Å². The van der Waals surface area contributed by atoms with E-state index in [1.54, 1.807) is 18.6 Å². The zero-order valence-electron chi connectivity index (χ0n) is 8.01. The van der Waals surface area contributed by atoms with Crippen molar-refractivity contribution in [2.24, 2.45) is 0 Å². The highest BCUT2D eigenvalue weighted by Crippen LogP contribution is 2.25. The predicted molar refractivity (Wildman–Crippen MR) is 59.3 cm³/mol. The second-order valence-electron chi connectivity index (χ2n) is 3.34. The Balaban J connectivity index is 2.31. The molecule has 0 amide bonds. The first-order chi connectivity index (χ1) is 7.45. The van der Waals surface area contributed by atoms with E-state index < -0.39 is 0 Å². The molecule has 0 fully saturated rings. The van der Waals surface area contributed by atoms with E-state index in [9.17, 15) is 0 Å². The van der Waals surface area contributed by atoms with Crippen LogP contribution < -0.4 is 0 Å². The maximum atomic E-state index is 4.30. The minimum Gasteiger partial charge on any atom is -0.361 e. The van der Waals surface area contributed by atoms with E-state index in [0.717, 1.165) is 16.8 Å². The van der Waals surface area contributed by atoms with Gasteiger partial charge in [0.2, 0.25) is 0 Å². The molecule has 1 N–H and O–H groups in total. The van der Waals surface area contributed by atoms with Crippen molar-refractivity contribution in [1.82, 2.24) is 15.0 Å². The standard InChI is InChI=1S/C12H9N3/c1-2-9(12-8-13-6-7-15-12)10-4-5-14-11(10)3-1/h1-8,14H. The number of nitrogens with zero attached hydrogens (tertiary/aromatic N) is 2. The average Bonchev–Trinajstić information content (AvgIpc) is 2.78. The summed E-state index contributed by atoms with van der Waals surface area (Å²) < 4.78 is 0. The predicted octanol–water partition coefficient (Wildman–Crippen LogP) is 2.62. The van der Waals surface area contributed by atoms with Gasteiger partial charge in [0, 0.05) is 35.1 Å². The number of fused-ring (bicyclic) bond motifs is 1. The summed E-state index contributed by atoms with van der Waals surface area (Å²) in [6.45, 7) is 0. The largest absolute Gasteiger partial charge is 0.361 e. The van der Waals surface area contributed by atoms with Crippen molar-refractivity contribution in [3.05, 3.63) is 49.1 Å². The third-order valence-electron chi connectivity index (χ3n) is 2.43. The summed E-state index contributed by atoms with van der Waals surface area (Å²) >= 11 is 0. The summed E-state index contributed by atoms with van der Waals surface area (Å²) in [6.07, 6.45) is 7.11. The minimum absolute atomic E-state index is 0.905. The number of benzene rings is 1. The van der Waals surface area contributed by atoms with Crippen LogP contribution >= 0.6 is 0 Å². The van der Waals surface area contributed by atoms with Crippen LogP contribution in [0, 0.1) is 0 Å². The van der Waals surface area contributed by atoms with Gasteiger partial charge >= 0.3 is 0 Å². The molecule has 0 aliphatic rings. The minimum atomic E-state index is 0.905. The Morgan fingerprint density at radius 1 is 1.07 bits per heavy atom. The zero-order chi connectivity index (χ0) is 10.1. The second-order valence-corrected chi connectivity index (χ2v) is 3.34. The van der Waals surface area contributed by atoms with Gasteiger partial charge in [-0.15, -0.1) is 0 Å². The maximum Gasteiger partial charge on any atom is 0.0891 e. The molecule has 0 aliphatic carbocycles. The molecule has 1 aromatic carbocycles. The van der Waals surface area contributed by atoms with Crippen LogP contribution in [0.15, 0.2) is 49.1 Å². The quantitative estimate of drug-likeness (QED) is 0.648. The Hall–Kier alpha value is -2.16. The summed E-state index contributed by atoms with van der Waals surface area (Å²) in [5.74, 6) is 0. The molecule has 72 valence electrons. The van der Waals surface area contributed by atoms with E-state index in [4.69, 9.17) is 0 Å². The van der Waals surface area contributed by atoms with Crippen LogP contribution in [0.1, 0.15) is 0 Å². The molecule has 0 unspecified atom stereocenters. The second kappa shape index (κ2) is 3.20. The number of aromatic nitrogens is 3. The highest BCUT2D eigenvalue weighted by Gasteiger charge is 2.04. The molecule has 2 heterocycles. The van der Waals surface area contributed by atoms with E-state index in [-0.39, 0.29) is 0 Å². The normalized spacial score (nSPS) is 10.7. The van der Waals surface area contributed by atoms with Gasteiger partial charge in [-0.25, -0.2) is 0 Å². The molecular weight excluding hydrogens is 186 g/mol. The monoisotopic (exact) mass is 195 g/mol. The molecule has 2 aromatic heterocycles. The molecular formula is C12H9N3. The summed E-state index contributed by atoms with van der Waals surface area (Å²) in [6, 6.07) is 8.18. The average molecular weight is 195 g/mol. The summed E-state index contributed by atoms with van der Waals surface area (Å²) in [4.78, 5) is 11.6. The Kier molecular flexibility index (Phi) is 1.75. The number of hydrogen-bond acceptors (Lipinski definition) is 2. The number of hydrogen-bond donors (Lipinski definition) is 1. The smallest absolute Gasteiger partial charge is 0.0891 e. The third kappa shape index (κ3) is 1.29. The van der Waals surface area contributed by atoms with Crippen molar-refractivity contribution in [3.8, 4) is 11.3 Å². The van der Waals surface area contributed by atoms with E-state index in [2.05, 4.69) is 33.2 Å². The van der Waals surface area contributed by atoms with Gasteiger partial charge in [0.05, 0.1) is 11.9 Å². The lowest BCUT2D eigenvalue weighted by Crippen LogP contribution is -1.84. The third-order valence-corrected chi connectivity index (χ3v) is 2.43. The highest BCUT2D eigenvalue weighted by atomic mass is 14.8. The fourth-order valence-corrected chi connectivity index (χ4v) is 1.75. The number of H-pyrrole nitrogens is 1. The molecule has 0 saturated carbocycles. The Morgan fingerprint density at radius 3 is 2.93 bits per heavy atom. The molecule has 3 rings (SSSR count). The van der Waals surface area contributed by atoms with Crippen molar-refractivity contribution < 1.29 is 0 Å². The zero-order valence-corrected chi connectivity index (χ0v) is 8.01. The fourth-order valence-electron chi connectivity index (χ4n) is 1.75. The first-order valence-electron chi connectivity index (χ1n) is 4.77. The lowest BCUT2D eigenvalue weighted by Gasteiger charge is -2.01. The Bertz CT molecular complexity index is 584. The summed E-state index contributed by atoms with van der Waals surface area (Å²) in [7, 11) is 0. The van der Waals surface area contributed by atoms with Crippen molar-refractivity contribution in [1.29, 1.82) is 0 Å². The molecule has 0 atom stereocenters. The number of nitrogens with one attached hydrogen (secondary N) is 1. The van der Waals surface area contributed by atoms with Crippen LogP contribution in [0.3, 0.4) is 0 Å². The topological polar surface area (TPSA) is 41.6 Å². The van der Waals surface area contributed by atoms with Gasteiger partial charge in [-0.2, -0.15) is 0 Å². The molecule has 0 aliphatic heterocycles. The van der Waals surface area contributed by atoms with Gasteiger partial charge < -0.3 is 4.98 Å². The van der Waals surface area contributed by atoms with Gasteiger partial charge in [-0.1, -0.05) is 12.1 Å². The first kappa shape index (κ1) is 8.17. The number of aromatic amines is 1. The summed E-state index contributed by atoms with van der Waals surface area (Å²) in [5.41, 5.74) is 3.14. The first-order valence-corrected chi connectivity index (χ1v) is 4.77. The van der Waals surface area contributed by atoms with Crippen molar-refractivity contribution in [3.63, 3.8) is 0 Å². The van der Waals surface area contributed by atoms with E-state index >= 15 is 0 Å². The molecule has 3 heteroatoms. The van der Waals surface area contributed by atoms with Crippen LogP contribution in [-0.2, 0) is 0 Å². The maximum absolute atomic E-state index is 4.30. The SMILES string of the molecule is c1cc(-c2cnccn2)c2cc[nH]c2c1. The Morgan fingerprint density at radius 2 is 2.07 bits per heavy atom. The summed E-state index contributed by atoms with van der Waals surface area (Å²) in [5, 5.41) is 1.18. The van der Waals surface area contributed by atoms with E-state index in [1.807, 2.05) is 12.3 Å². The Labute approximate surface area is 86.8 Å². The van der Waals surface area contributed by atoms with Crippen LogP contribution in [-0.4, -0.2) is 15.0 Å². The van der Waals surface area contributed by atoms with Crippen molar-refractivity contribution in [2.45, 2.75) is 0 Å².